The first-order chi connectivity index (χ1) is 13.5. The standard InChI is InChI=1S/C20H24Br2N2O4/c1-28-20(27)14-11-24(7-8-25)19(26)17(14)23-18-15(21)9-13(10-16(18)22)12-5-3-2-4-6-12/h9-10,12,23,25H,2-8,11H2,1H3. The van der Waals surface area contributed by atoms with E-state index in [4.69, 9.17) is 4.74 Å². The van der Waals surface area contributed by atoms with Crippen LogP contribution in [0.25, 0.3) is 0 Å². The molecule has 8 heteroatoms. The second kappa shape index (κ2) is 9.41. The molecule has 1 aliphatic carbocycles. The van der Waals surface area contributed by atoms with Gasteiger partial charge in [0.15, 0.2) is 0 Å². The normalized spacial score (nSPS) is 18.0. The van der Waals surface area contributed by atoms with Gasteiger partial charge < -0.3 is 20.1 Å². The monoisotopic (exact) mass is 514 g/mol. The Morgan fingerprint density at radius 3 is 2.46 bits per heavy atom. The first-order valence-corrected chi connectivity index (χ1v) is 11.0. The van der Waals surface area contributed by atoms with Crippen molar-refractivity contribution in [3.63, 3.8) is 0 Å². The van der Waals surface area contributed by atoms with Crippen LogP contribution >= 0.6 is 31.9 Å². The topological polar surface area (TPSA) is 78.9 Å². The van der Waals surface area contributed by atoms with Crippen molar-refractivity contribution in [3.8, 4) is 0 Å². The molecule has 28 heavy (non-hydrogen) atoms. The minimum absolute atomic E-state index is 0.115. The molecule has 1 aromatic carbocycles. The molecule has 1 aliphatic heterocycles. The lowest BCUT2D eigenvalue weighted by atomic mass is 9.84. The van der Waals surface area contributed by atoms with E-state index in [0.29, 0.717) is 11.6 Å². The van der Waals surface area contributed by atoms with Gasteiger partial charge in [0, 0.05) is 15.5 Å². The summed E-state index contributed by atoms with van der Waals surface area (Å²) in [6, 6.07) is 4.18. The Balaban J connectivity index is 1.90. The van der Waals surface area contributed by atoms with E-state index in [1.54, 1.807) is 0 Å². The maximum atomic E-state index is 12.7. The van der Waals surface area contributed by atoms with Crippen molar-refractivity contribution in [2.45, 2.75) is 38.0 Å². The number of benzene rings is 1. The molecule has 152 valence electrons. The lowest BCUT2D eigenvalue weighted by Gasteiger charge is -2.23. The summed E-state index contributed by atoms with van der Waals surface area (Å²) in [7, 11) is 1.29. The van der Waals surface area contributed by atoms with E-state index in [0.717, 1.165) is 8.95 Å². The van der Waals surface area contributed by atoms with Crippen molar-refractivity contribution >= 4 is 49.4 Å². The van der Waals surface area contributed by atoms with Gasteiger partial charge in [0.2, 0.25) is 0 Å². The largest absolute Gasteiger partial charge is 0.466 e. The molecule has 1 heterocycles. The number of aliphatic hydroxyl groups is 1. The molecule has 0 bridgehead atoms. The van der Waals surface area contributed by atoms with Gasteiger partial charge in [-0.05, 0) is 68.3 Å². The molecule has 1 amide bonds. The summed E-state index contributed by atoms with van der Waals surface area (Å²) < 4.78 is 6.49. The number of carbonyl (C=O) groups excluding carboxylic acids is 2. The van der Waals surface area contributed by atoms with Crippen LogP contribution in [-0.4, -0.2) is 48.7 Å². The zero-order valence-electron chi connectivity index (χ0n) is 15.8. The fourth-order valence-corrected chi connectivity index (χ4v) is 5.28. The molecule has 2 aliphatic rings. The number of amides is 1. The molecule has 1 aromatic rings. The highest BCUT2D eigenvalue weighted by atomic mass is 79.9. The molecule has 3 rings (SSSR count). The van der Waals surface area contributed by atoms with Gasteiger partial charge in [-0.15, -0.1) is 0 Å². The zero-order valence-corrected chi connectivity index (χ0v) is 18.9. The van der Waals surface area contributed by atoms with Crippen LogP contribution < -0.4 is 5.32 Å². The van der Waals surface area contributed by atoms with Gasteiger partial charge in [0.05, 0.1) is 31.5 Å². The number of nitrogens with one attached hydrogen (secondary N) is 1. The number of carbonyl (C=O) groups is 2. The van der Waals surface area contributed by atoms with Crippen molar-refractivity contribution in [1.82, 2.24) is 4.90 Å². The Bertz CT molecular complexity index is 780. The minimum atomic E-state index is -0.553. The Hall–Kier alpha value is -1.38. The molecule has 1 saturated carbocycles. The van der Waals surface area contributed by atoms with Crippen LogP contribution in [0.15, 0.2) is 32.3 Å². The lowest BCUT2D eigenvalue weighted by Crippen LogP contribution is -2.31. The average Bonchev–Trinajstić information content (AvgIpc) is 3.00. The van der Waals surface area contributed by atoms with Crippen LogP contribution in [0, 0.1) is 0 Å². The lowest BCUT2D eigenvalue weighted by molar-refractivity contribution is -0.136. The number of hydrogen-bond donors (Lipinski definition) is 2. The maximum absolute atomic E-state index is 12.7. The van der Waals surface area contributed by atoms with E-state index in [1.165, 1.54) is 49.7 Å². The van der Waals surface area contributed by atoms with E-state index in [2.05, 4.69) is 49.3 Å². The van der Waals surface area contributed by atoms with Gasteiger partial charge >= 0.3 is 5.97 Å². The van der Waals surface area contributed by atoms with Crippen molar-refractivity contribution in [2.24, 2.45) is 0 Å². The molecule has 2 N–H and O–H groups in total. The molecule has 0 radical (unpaired) electrons. The van der Waals surface area contributed by atoms with Crippen molar-refractivity contribution in [2.75, 3.05) is 32.1 Å². The number of β-amino-alcohol motifs (C(OH)–C–C–N with tert-alkyl or cyclic N) is 1. The van der Waals surface area contributed by atoms with Gasteiger partial charge in [-0.1, -0.05) is 19.3 Å². The smallest absolute Gasteiger partial charge is 0.337 e. The first kappa shape index (κ1) is 21.3. The number of anilines is 1. The highest BCUT2D eigenvalue weighted by Crippen LogP contribution is 2.40. The molecule has 6 nitrogen and oxygen atoms in total. The van der Waals surface area contributed by atoms with Crippen LogP contribution in [0.1, 0.15) is 43.6 Å². The second-order valence-electron chi connectivity index (χ2n) is 7.11. The van der Waals surface area contributed by atoms with E-state index in [1.807, 2.05) is 0 Å². The summed E-state index contributed by atoms with van der Waals surface area (Å²) in [4.78, 5) is 26.3. The third-order valence-electron chi connectivity index (χ3n) is 5.34. The Labute approximate surface area is 181 Å². The molecule has 1 fully saturated rings. The van der Waals surface area contributed by atoms with Crippen LogP contribution in [0.3, 0.4) is 0 Å². The van der Waals surface area contributed by atoms with Gasteiger partial charge in [0.25, 0.3) is 5.91 Å². The predicted octanol–water partition coefficient (Wildman–Crippen LogP) is 3.93. The summed E-state index contributed by atoms with van der Waals surface area (Å²) in [6.45, 7) is 0.105. The Kier molecular flexibility index (Phi) is 7.17. The zero-order chi connectivity index (χ0) is 20.3. The summed E-state index contributed by atoms with van der Waals surface area (Å²) in [5.41, 5.74) is 2.41. The van der Waals surface area contributed by atoms with Crippen molar-refractivity contribution in [1.29, 1.82) is 0 Å². The average molecular weight is 516 g/mol. The number of esters is 1. The number of rotatable bonds is 6. The van der Waals surface area contributed by atoms with Crippen molar-refractivity contribution in [3.05, 3.63) is 37.9 Å². The van der Waals surface area contributed by atoms with Gasteiger partial charge in [-0.25, -0.2) is 4.79 Å². The molecular formula is C20H24Br2N2O4. The molecule has 0 saturated heterocycles. The SMILES string of the molecule is COC(=O)C1=C(Nc2c(Br)cc(C3CCCCC3)cc2Br)C(=O)N(CCO)C1. The van der Waals surface area contributed by atoms with Crippen LogP contribution in [0.4, 0.5) is 5.69 Å². The first-order valence-electron chi connectivity index (χ1n) is 9.43. The molecule has 0 spiro atoms. The minimum Gasteiger partial charge on any atom is -0.466 e. The highest BCUT2D eigenvalue weighted by molar-refractivity contribution is 9.11. The fourth-order valence-electron chi connectivity index (χ4n) is 3.86. The van der Waals surface area contributed by atoms with Crippen molar-refractivity contribution < 1.29 is 19.4 Å². The molecule has 0 atom stereocenters. The van der Waals surface area contributed by atoms with Crippen LogP contribution in [0.2, 0.25) is 0 Å². The predicted molar refractivity (Wildman–Crippen MR) is 114 cm³/mol. The summed E-state index contributed by atoms with van der Waals surface area (Å²) >= 11 is 7.23. The van der Waals surface area contributed by atoms with E-state index in [-0.39, 0.29) is 36.9 Å². The number of aliphatic hydroxyl groups excluding tert-OH is 1. The second-order valence-corrected chi connectivity index (χ2v) is 8.82. The number of methoxy groups -OCH3 is 1. The number of hydrogen-bond acceptors (Lipinski definition) is 5. The number of ether oxygens (including phenoxy) is 1. The molecule has 0 aromatic heterocycles. The van der Waals surface area contributed by atoms with E-state index in [9.17, 15) is 14.7 Å². The van der Waals surface area contributed by atoms with E-state index < -0.39 is 5.97 Å². The third-order valence-corrected chi connectivity index (χ3v) is 6.60. The van der Waals surface area contributed by atoms with Gasteiger partial charge in [0.1, 0.15) is 5.70 Å². The summed E-state index contributed by atoms with van der Waals surface area (Å²) in [6.07, 6.45) is 6.19. The Morgan fingerprint density at radius 2 is 1.89 bits per heavy atom. The fraction of sp³-hybridized carbons (Fsp3) is 0.500. The maximum Gasteiger partial charge on any atom is 0.337 e. The summed E-state index contributed by atoms with van der Waals surface area (Å²) in [5, 5.41) is 12.3. The van der Waals surface area contributed by atoms with Gasteiger partial charge in [-0.3, -0.25) is 4.79 Å². The quantitative estimate of drug-likeness (QED) is 0.561. The number of nitrogens with zero attached hydrogens (tertiary/aromatic N) is 1. The van der Waals surface area contributed by atoms with Gasteiger partial charge in [-0.2, -0.15) is 0 Å². The number of halogens is 2. The third kappa shape index (κ3) is 4.44. The molecule has 0 unspecified atom stereocenters. The Morgan fingerprint density at radius 1 is 1.25 bits per heavy atom. The van der Waals surface area contributed by atoms with Crippen LogP contribution in [-0.2, 0) is 14.3 Å². The van der Waals surface area contributed by atoms with E-state index >= 15 is 0 Å². The summed E-state index contributed by atoms with van der Waals surface area (Å²) in [5.74, 6) is -0.333. The molecular weight excluding hydrogens is 492 g/mol. The van der Waals surface area contributed by atoms with Crippen LogP contribution in [0.5, 0.6) is 0 Å². The highest BCUT2D eigenvalue weighted by Gasteiger charge is 2.35.